The van der Waals surface area contributed by atoms with E-state index in [-0.39, 0.29) is 22.8 Å². The molecule has 6 nitrogen and oxygen atoms in total. The number of aryl methyl sites for hydroxylation is 1. The second-order valence-electron chi connectivity index (χ2n) is 9.56. The predicted molar refractivity (Wildman–Crippen MR) is 139 cm³/mol. The highest BCUT2D eigenvalue weighted by atomic mass is 35.5. The summed E-state index contributed by atoms with van der Waals surface area (Å²) in [6.07, 6.45) is 5.20. The molecule has 1 saturated carbocycles. The van der Waals surface area contributed by atoms with Crippen molar-refractivity contribution in [2.45, 2.75) is 62.5 Å². The summed E-state index contributed by atoms with van der Waals surface area (Å²) in [5, 5.41) is 1.01. The van der Waals surface area contributed by atoms with Crippen LogP contribution < -0.4 is 4.74 Å². The fourth-order valence-electron chi connectivity index (χ4n) is 5.03. The molecule has 35 heavy (non-hydrogen) atoms. The number of amides is 1. The van der Waals surface area contributed by atoms with Crippen molar-refractivity contribution in [3.05, 3.63) is 58.1 Å². The van der Waals surface area contributed by atoms with E-state index in [1.165, 1.54) is 7.05 Å². The van der Waals surface area contributed by atoms with Crippen LogP contribution in [-0.4, -0.2) is 55.8 Å². The highest BCUT2D eigenvalue weighted by Crippen LogP contribution is 2.33. The number of sulfonamides is 1. The van der Waals surface area contributed by atoms with Gasteiger partial charge in [0.05, 0.1) is 14.9 Å². The minimum absolute atomic E-state index is 0.141. The highest BCUT2D eigenvalue weighted by molar-refractivity contribution is 7.89. The zero-order chi connectivity index (χ0) is 25.2. The lowest BCUT2D eigenvalue weighted by atomic mass is 9.84. The fraction of sp³-hybridized carbons (Fsp3) is 0.500. The van der Waals surface area contributed by atoms with Crippen molar-refractivity contribution in [2.24, 2.45) is 5.92 Å². The summed E-state index contributed by atoms with van der Waals surface area (Å²) in [6, 6.07) is 12.4. The Balaban J connectivity index is 1.26. The van der Waals surface area contributed by atoms with Gasteiger partial charge in [0.2, 0.25) is 5.91 Å². The fourth-order valence-corrected chi connectivity index (χ4v) is 6.50. The van der Waals surface area contributed by atoms with E-state index >= 15 is 0 Å². The summed E-state index contributed by atoms with van der Waals surface area (Å²) in [5.74, 6) is 0.173. The zero-order valence-electron chi connectivity index (χ0n) is 20.1. The molecule has 0 aromatic heterocycles. The topological polar surface area (TPSA) is 66.9 Å². The van der Waals surface area contributed by atoms with E-state index in [2.05, 4.69) is 4.90 Å². The number of rotatable bonds is 6. The van der Waals surface area contributed by atoms with E-state index in [0.717, 1.165) is 54.4 Å². The van der Waals surface area contributed by atoms with Crippen molar-refractivity contribution in [2.75, 3.05) is 20.1 Å². The summed E-state index contributed by atoms with van der Waals surface area (Å²) in [4.78, 5) is 15.7. The van der Waals surface area contributed by atoms with Crippen LogP contribution in [0.15, 0.2) is 47.4 Å². The number of nitrogens with zero attached hydrogens (tertiary/aromatic N) is 2. The average Bonchev–Trinajstić information content (AvgIpc) is 2.86. The van der Waals surface area contributed by atoms with Crippen molar-refractivity contribution < 1.29 is 17.9 Å². The lowest BCUT2D eigenvalue weighted by molar-refractivity contribution is -0.131. The van der Waals surface area contributed by atoms with Gasteiger partial charge in [0, 0.05) is 38.2 Å². The lowest BCUT2D eigenvalue weighted by Crippen LogP contribution is -2.47. The maximum absolute atomic E-state index is 13.0. The van der Waals surface area contributed by atoms with Crippen molar-refractivity contribution >= 4 is 39.1 Å². The van der Waals surface area contributed by atoms with Gasteiger partial charge in [0.25, 0.3) is 10.0 Å². The molecule has 1 saturated heterocycles. The van der Waals surface area contributed by atoms with Crippen LogP contribution in [0.4, 0.5) is 0 Å². The molecule has 0 radical (unpaired) electrons. The zero-order valence-corrected chi connectivity index (χ0v) is 22.5. The van der Waals surface area contributed by atoms with E-state index in [1.54, 1.807) is 36.4 Å². The van der Waals surface area contributed by atoms with Gasteiger partial charge in [-0.3, -0.25) is 4.79 Å². The van der Waals surface area contributed by atoms with Crippen LogP contribution in [0, 0.1) is 12.8 Å². The average molecular weight is 540 g/mol. The molecule has 1 aliphatic heterocycles. The number of likely N-dealkylation sites (tertiary alicyclic amines) is 1. The molecule has 0 spiro atoms. The summed E-state index contributed by atoms with van der Waals surface area (Å²) in [5.41, 5.74) is 0.973. The van der Waals surface area contributed by atoms with Gasteiger partial charge in [-0.1, -0.05) is 40.9 Å². The van der Waals surface area contributed by atoms with Crippen molar-refractivity contribution in [1.29, 1.82) is 0 Å². The Kier molecular flexibility index (Phi) is 8.31. The third-order valence-corrected chi connectivity index (χ3v) is 9.73. The van der Waals surface area contributed by atoms with E-state index < -0.39 is 10.0 Å². The first-order valence-corrected chi connectivity index (χ1v) is 14.3. The van der Waals surface area contributed by atoms with E-state index in [1.807, 2.05) is 13.0 Å². The van der Waals surface area contributed by atoms with Crippen LogP contribution in [0.1, 0.15) is 44.1 Å². The van der Waals surface area contributed by atoms with Gasteiger partial charge in [-0.15, -0.1) is 0 Å². The molecule has 2 fully saturated rings. The molecule has 2 aromatic rings. The Labute approximate surface area is 218 Å². The maximum atomic E-state index is 13.0. The number of hydrogen-bond acceptors (Lipinski definition) is 5. The molecule has 2 aliphatic rings. The normalized spacial score (nSPS) is 22.1. The monoisotopic (exact) mass is 538 g/mol. The highest BCUT2D eigenvalue weighted by Gasteiger charge is 2.36. The number of halogens is 2. The third kappa shape index (κ3) is 6.13. The van der Waals surface area contributed by atoms with E-state index in [9.17, 15) is 13.2 Å². The van der Waals surface area contributed by atoms with Crippen LogP contribution in [0.2, 0.25) is 10.0 Å². The van der Waals surface area contributed by atoms with Gasteiger partial charge in [-0.05, 0) is 69.7 Å². The first kappa shape index (κ1) is 26.3. The van der Waals surface area contributed by atoms with Gasteiger partial charge in [-0.25, -0.2) is 12.7 Å². The van der Waals surface area contributed by atoms with Gasteiger partial charge in [0.1, 0.15) is 11.9 Å². The molecular formula is C26H32Cl2N2O4S. The molecule has 0 N–H and O–H groups in total. The molecule has 2 aromatic carbocycles. The first-order chi connectivity index (χ1) is 16.6. The molecule has 1 heterocycles. The first-order valence-electron chi connectivity index (χ1n) is 12.1. The molecular weight excluding hydrogens is 507 g/mol. The second kappa shape index (κ2) is 11.1. The Bertz CT molecular complexity index is 1140. The van der Waals surface area contributed by atoms with Crippen LogP contribution in [0.3, 0.4) is 0 Å². The van der Waals surface area contributed by atoms with Crippen molar-refractivity contribution in [3.8, 4) is 5.75 Å². The second-order valence-corrected chi connectivity index (χ2v) is 12.3. The maximum Gasteiger partial charge on any atom is 0.266 e. The molecule has 190 valence electrons. The number of benzene rings is 2. The predicted octanol–water partition coefficient (Wildman–Crippen LogP) is 5.55. The molecule has 0 unspecified atom stereocenters. The summed E-state index contributed by atoms with van der Waals surface area (Å²) in [6.45, 7) is 3.78. The summed E-state index contributed by atoms with van der Waals surface area (Å²) in [7, 11) is -2.45. The van der Waals surface area contributed by atoms with Crippen LogP contribution in [-0.2, 0) is 14.8 Å². The third-order valence-electron chi connectivity index (χ3n) is 7.22. The SMILES string of the molecule is Cc1ccc(S(=O)(=O)N(C)C(=O)[C@H]2CC[C@H](N3CCC(Oc4ccc(Cl)c(Cl)c4)CC3)CC2)cc1. The number of piperidine rings is 1. The van der Waals surface area contributed by atoms with Crippen molar-refractivity contribution in [1.82, 2.24) is 9.21 Å². The summed E-state index contributed by atoms with van der Waals surface area (Å²) >= 11 is 12.1. The van der Waals surface area contributed by atoms with Crippen molar-refractivity contribution in [3.63, 3.8) is 0 Å². The largest absolute Gasteiger partial charge is 0.490 e. The number of ether oxygens (including phenoxy) is 1. The lowest BCUT2D eigenvalue weighted by Gasteiger charge is -2.40. The Morgan fingerprint density at radius 3 is 2.17 bits per heavy atom. The van der Waals surface area contributed by atoms with Crippen LogP contribution in [0.25, 0.3) is 0 Å². The molecule has 0 atom stereocenters. The van der Waals surface area contributed by atoms with Gasteiger partial charge in [0.15, 0.2) is 0 Å². The molecule has 0 bridgehead atoms. The minimum Gasteiger partial charge on any atom is -0.490 e. The Morgan fingerprint density at radius 1 is 0.943 bits per heavy atom. The van der Waals surface area contributed by atoms with Crippen LogP contribution in [0.5, 0.6) is 5.75 Å². The van der Waals surface area contributed by atoms with E-state index in [0.29, 0.717) is 28.9 Å². The Morgan fingerprint density at radius 2 is 1.57 bits per heavy atom. The number of hydrogen-bond donors (Lipinski definition) is 0. The van der Waals surface area contributed by atoms with Gasteiger partial charge < -0.3 is 9.64 Å². The molecule has 9 heteroatoms. The molecule has 4 rings (SSSR count). The van der Waals surface area contributed by atoms with Gasteiger partial charge in [-0.2, -0.15) is 0 Å². The number of carbonyl (C=O) groups excluding carboxylic acids is 1. The van der Waals surface area contributed by atoms with E-state index in [4.69, 9.17) is 27.9 Å². The Hall–Kier alpha value is -1.80. The standard InChI is InChI=1S/C26H32Cl2N2O4S/c1-18-3-10-23(11-4-18)35(32,33)29(2)26(31)19-5-7-20(8-6-19)30-15-13-21(14-16-30)34-22-9-12-24(27)25(28)17-22/h3-4,9-12,17,19-21H,5-8,13-16H2,1-2H3/t19-,20-. The van der Waals surface area contributed by atoms with Gasteiger partial charge >= 0.3 is 0 Å². The molecule has 1 aliphatic carbocycles. The minimum atomic E-state index is -3.83. The summed E-state index contributed by atoms with van der Waals surface area (Å²) < 4.78 is 32.9. The van der Waals surface area contributed by atoms with Crippen LogP contribution >= 0.6 is 23.2 Å². The quantitative estimate of drug-likeness (QED) is 0.482. The smallest absolute Gasteiger partial charge is 0.266 e. The molecule has 1 amide bonds. The number of carbonyl (C=O) groups is 1.